The number of aromatic nitrogens is 2. The topological polar surface area (TPSA) is 37.8 Å². The normalized spacial score (nSPS) is 11.1. The quantitative estimate of drug-likeness (QED) is 0.785. The van der Waals surface area contributed by atoms with E-state index in [-0.39, 0.29) is 0 Å². The van der Waals surface area contributed by atoms with Crippen LogP contribution in [0.3, 0.4) is 0 Å². The fourth-order valence-electron chi connectivity index (χ4n) is 1.06. The highest BCUT2D eigenvalue weighted by molar-refractivity contribution is 6.29. The van der Waals surface area contributed by atoms with Crippen molar-refractivity contribution in [1.82, 2.24) is 9.97 Å². The molecule has 14 heavy (non-hydrogen) atoms. The maximum absolute atomic E-state index is 5.89. The van der Waals surface area contributed by atoms with Crippen LogP contribution in [0.25, 0.3) is 0 Å². The zero-order chi connectivity index (χ0) is 10.7. The molecule has 78 valence electrons. The van der Waals surface area contributed by atoms with E-state index in [1.807, 2.05) is 13.8 Å². The summed E-state index contributed by atoms with van der Waals surface area (Å²) in [5.41, 5.74) is 0. The molecule has 1 rings (SSSR count). The minimum absolute atomic E-state index is 0.293. The van der Waals surface area contributed by atoms with E-state index >= 15 is 0 Å². The van der Waals surface area contributed by atoms with Gasteiger partial charge in [0.05, 0.1) is 0 Å². The summed E-state index contributed by atoms with van der Waals surface area (Å²) in [6.07, 6.45) is 0. The number of nitrogens with zero attached hydrogens (tertiary/aromatic N) is 2. The van der Waals surface area contributed by atoms with Crippen LogP contribution in [0.4, 0.5) is 5.82 Å². The molecular formula is C10H16ClN3. The Hall–Kier alpha value is -0.830. The molecule has 0 fully saturated rings. The first kappa shape index (κ1) is 11.2. The lowest BCUT2D eigenvalue weighted by Crippen LogP contribution is -2.12. The molecule has 3 nitrogen and oxygen atoms in total. The Morgan fingerprint density at radius 1 is 1.21 bits per heavy atom. The van der Waals surface area contributed by atoms with Crippen LogP contribution < -0.4 is 5.32 Å². The lowest BCUT2D eigenvalue weighted by Gasteiger charge is -2.11. The molecule has 1 aromatic heterocycles. The van der Waals surface area contributed by atoms with Crippen molar-refractivity contribution >= 4 is 17.4 Å². The Bertz CT molecular complexity index is 310. The van der Waals surface area contributed by atoms with Crippen LogP contribution >= 0.6 is 11.6 Å². The average molecular weight is 214 g/mol. The third kappa shape index (κ3) is 3.14. The van der Waals surface area contributed by atoms with Crippen LogP contribution in [0.2, 0.25) is 5.15 Å². The zero-order valence-corrected chi connectivity index (χ0v) is 9.76. The molecule has 0 aliphatic heterocycles. The molecule has 0 aliphatic rings. The van der Waals surface area contributed by atoms with Crippen molar-refractivity contribution in [2.24, 2.45) is 0 Å². The summed E-state index contributed by atoms with van der Waals surface area (Å²) in [6, 6.07) is 2.09. The number of hydrogen-bond donors (Lipinski definition) is 1. The first-order valence-electron chi connectivity index (χ1n) is 4.80. The second kappa shape index (κ2) is 4.60. The second-order valence-corrected chi connectivity index (χ2v) is 4.28. The highest BCUT2D eigenvalue weighted by Gasteiger charge is 2.07. The number of nitrogens with one attached hydrogen (secondary N) is 1. The second-order valence-electron chi connectivity index (χ2n) is 3.89. The fourth-order valence-corrected chi connectivity index (χ4v) is 1.25. The van der Waals surface area contributed by atoms with Crippen LogP contribution in [-0.4, -0.2) is 16.0 Å². The van der Waals surface area contributed by atoms with E-state index < -0.39 is 0 Å². The zero-order valence-electron chi connectivity index (χ0n) is 9.00. The van der Waals surface area contributed by atoms with Gasteiger partial charge in [-0.2, -0.15) is 0 Å². The summed E-state index contributed by atoms with van der Waals surface area (Å²) in [7, 11) is 0. The van der Waals surface area contributed by atoms with Gasteiger partial charge in [0.1, 0.15) is 16.8 Å². The van der Waals surface area contributed by atoms with Crippen LogP contribution in [0, 0.1) is 0 Å². The van der Waals surface area contributed by atoms with Gasteiger partial charge in [-0.25, -0.2) is 9.97 Å². The number of rotatable bonds is 3. The van der Waals surface area contributed by atoms with E-state index in [0.717, 1.165) is 11.6 Å². The van der Waals surface area contributed by atoms with Crippen LogP contribution in [0.1, 0.15) is 39.4 Å². The standard InChI is InChI=1S/C10H16ClN3/c1-6(2)10-13-8(11)5-9(14-10)12-7(3)4/h5-7H,1-4H3,(H,12,13,14). The van der Waals surface area contributed by atoms with Gasteiger partial charge < -0.3 is 5.32 Å². The van der Waals surface area contributed by atoms with Crippen LogP contribution in [0.5, 0.6) is 0 Å². The number of halogens is 1. The average Bonchev–Trinajstić information content (AvgIpc) is 2.01. The lowest BCUT2D eigenvalue weighted by atomic mass is 10.2. The molecule has 0 saturated heterocycles. The van der Waals surface area contributed by atoms with Crippen molar-refractivity contribution in [2.75, 3.05) is 5.32 Å². The van der Waals surface area contributed by atoms with Crippen molar-refractivity contribution < 1.29 is 0 Å². The predicted molar refractivity (Wildman–Crippen MR) is 59.9 cm³/mol. The van der Waals surface area contributed by atoms with Gasteiger partial charge in [0, 0.05) is 18.0 Å². The van der Waals surface area contributed by atoms with Crippen LogP contribution in [-0.2, 0) is 0 Å². The molecule has 0 aliphatic carbocycles. The van der Waals surface area contributed by atoms with Gasteiger partial charge in [-0.1, -0.05) is 25.4 Å². The Morgan fingerprint density at radius 3 is 2.36 bits per heavy atom. The summed E-state index contributed by atoms with van der Waals surface area (Å²) in [4.78, 5) is 8.52. The molecule has 1 heterocycles. The summed E-state index contributed by atoms with van der Waals surface area (Å²) in [5.74, 6) is 1.87. The van der Waals surface area contributed by atoms with Crippen molar-refractivity contribution in [1.29, 1.82) is 0 Å². The molecule has 0 radical (unpaired) electrons. The monoisotopic (exact) mass is 213 g/mol. The Labute approximate surface area is 89.9 Å². The first-order chi connectivity index (χ1) is 6.49. The number of hydrogen-bond acceptors (Lipinski definition) is 3. The Kier molecular flexibility index (Phi) is 3.69. The number of anilines is 1. The minimum atomic E-state index is 0.293. The Balaban J connectivity index is 2.95. The smallest absolute Gasteiger partial charge is 0.135 e. The van der Waals surface area contributed by atoms with Gasteiger partial charge in [-0.3, -0.25) is 0 Å². The van der Waals surface area contributed by atoms with Crippen molar-refractivity contribution in [3.05, 3.63) is 17.0 Å². The molecule has 1 aromatic rings. The van der Waals surface area contributed by atoms with Crippen molar-refractivity contribution in [2.45, 2.75) is 39.7 Å². The van der Waals surface area contributed by atoms with Gasteiger partial charge in [0.15, 0.2) is 0 Å². The molecule has 1 N–H and O–H groups in total. The minimum Gasteiger partial charge on any atom is -0.368 e. The molecule has 0 unspecified atom stereocenters. The van der Waals surface area contributed by atoms with Gasteiger partial charge in [-0.15, -0.1) is 0 Å². The third-order valence-electron chi connectivity index (χ3n) is 1.67. The first-order valence-corrected chi connectivity index (χ1v) is 5.18. The van der Waals surface area contributed by atoms with Crippen LogP contribution in [0.15, 0.2) is 6.07 Å². The molecule has 0 atom stereocenters. The van der Waals surface area contributed by atoms with Gasteiger partial charge >= 0.3 is 0 Å². The summed E-state index contributed by atoms with van der Waals surface area (Å²) in [6.45, 7) is 8.21. The van der Waals surface area contributed by atoms with E-state index in [0.29, 0.717) is 17.1 Å². The molecular weight excluding hydrogens is 198 g/mol. The third-order valence-corrected chi connectivity index (χ3v) is 1.86. The maximum atomic E-state index is 5.89. The SMILES string of the molecule is CC(C)Nc1cc(Cl)nc(C(C)C)n1. The van der Waals surface area contributed by atoms with E-state index in [1.165, 1.54) is 0 Å². The molecule has 0 spiro atoms. The Morgan fingerprint density at radius 2 is 1.86 bits per heavy atom. The van der Waals surface area contributed by atoms with Gasteiger partial charge in [0.2, 0.25) is 0 Å². The summed E-state index contributed by atoms with van der Waals surface area (Å²) < 4.78 is 0. The molecule has 0 bridgehead atoms. The summed E-state index contributed by atoms with van der Waals surface area (Å²) in [5, 5.41) is 3.70. The maximum Gasteiger partial charge on any atom is 0.135 e. The van der Waals surface area contributed by atoms with Crippen molar-refractivity contribution in [3.8, 4) is 0 Å². The van der Waals surface area contributed by atoms with E-state index in [4.69, 9.17) is 11.6 Å². The van der Waals surface area contributed by atoms with Gasteiger partial charge in [-0.05, 0) is 13.8 Å². The largest absolute Gasteiger partial charge is 0.368 e. The predicted octanol–water partition coefficient (Wildman–Crippen LogP) is 3.07. The highest BCUT2D eigenvalue weighted by atomic mass is 35.5. The molecule has 4 heteroatoms. The highest BCUT2D eigenvalue weighted by Crippen LogP contribution is 2.17. The van der Waals surface area contributed by atoms with E-state index in [9.17, 15) is 0 Å². The molecule has 0 aromatic carbocycles. The van der Waals surface area contributed by atoms with Crippen molar-refractivity contribution in [3.63, 3.8) is 0 Å². The van der Waals surface area contributed by atoms with Gasteiger partial charge in [0.25, 0.3) is 0 Å². The molecule has 0 amide bonds. The van der Waals surface area contributed by atoms with E-state index in [2.05, 4.69) is 29.1 Å². The van der Waals surface area contributed by atoms with E-state index in [1.54, 1.807) is 6.07 Å². The lowest BCUT2D eigenvalue weighted by molar-refractivity contribution is 0.769. The summed E-state index contributed by atoms with van der Waals surface area (Å²) >= 11 is 5.89. The molecule has 0 saturated carbocycles. The fraction of sp³-hybridized carbons (Fsp3) is 0.600.